The summed E-state index contributed by atoms with van der Waals surface area (Å²) < 4.78 is 0. The van der Waals surface area contributed by atoms with Crippen LogP contribution in [0, 0.1) is 5.92 Å². The summed E-state index contributed by atoms with van der Waals surface area (Å²) in [5, 5.41) is 13.2. The zero-order valence-corrected chi connectivity index (χ0v) is 13.0. The maximum Gasteiger partial charge on any atom is 0.0543 e. The van der Waals surface area contributed by atoms with Crippen LogP contribution in [-0.4, -0.2) is 24.3 Å². The highest BCUT2D eigenvalue weighted by molar-refractivity contribution is 4.73. The lowest BCUT2D eigenvalue weighted by molar-refractivity contribution is 0.101. The molecule has 2 heteroatoms. The second kappa shape index (κ2) is 11.7. The van der Waals surface area contributed by atoms with Gasteiger partial charge in [-0.05, 0) is 44.7 Å². The second-order valence-corrected chi connectivity index (χ2v) is 6.37. The molecule has 0 amide bonds. The molecule has 0 aromatic heterocycles. The van der Waals surface area contributed by atoms with Gasteiger partial charge in [-0.1, -0.05) is 58.3 Å². The fourth-order valence-corrected chi connectivity index (χ4v) is 3.14. The summed E-state index contributed by atoms with van der Waals surface area (Å²) >= 11 is 0. The van der Waals surface area contributed by atoms with Gasteiger partial charge < -0.3 is 10.4 Å². The van der Waals surface area contributed by atoms with E-state index in [1.54, 1.807) is 0 Å². The lowest BCUT2D eigenvalue weighted by Crippen LogP contribution is -2.29. The molecular weight excluding hydrogens is 234 g/mol. The van der Waals surface area contributed by atoms with E-state index in [0.29, 0.717) is 0 Å². The first-order chi connectivity index (χ1) is 9.33. The van der Waals surface area contributed by atoms with Gasteiger partial charge in [0.1, 0.15) is 0 Å². The molecule has 0 radical (unpaired) electrons. The Kier molecular flexibility index (Phi) is 10.5. The van der Waals surface area contributed by atoms with Crippen molar-refractivity contribution < 1.29 is 5.11 Å². The third kappa shape index (κ3) is 9.45. The van der Waals surface area contributed by atoms with Crippen molar-refractivity contribution in [3.63, 3.8) is 0 Å². The highest BCUT2D eigenvalue weighted by Gasteiger charge is 2.19. The highest BCUT2D eigenvalue weighted by Crippen LogP contribution is 2.23. The van der Waals surface area contributed by atoms with Crippen LogP contribution in [0.15, 0.2) is 0 Å². The van der Waals surface area contributed by atoms with Crippen LogP contribution in [0.5, 0.6) is 0 Å². The second-order valence-electron chi connectivity index (χ2n) is 6.37. The molecule has 0 aliphatic heterocycles. The topological polar surface area (TPSA) is 32.3 Å². The van der Waals surface area contributed by atoms with E-state index in [2.05, 4.69) is 12.2 Å². The van der Waals surface area contributed by atoms with E-state index < -0.39 is 0 Å². The maximum absolute atomic E-state index is 9.61. The van der Waals surface area contributed by atoms with Crippen LogP contribution in [0.25, 0.3) is 0 Å². The van der Waals surface area contributed by atoms with E-state index in [1.807, 2.05) is 0 Å². The minimum atomic E-state index is -0.0244. The summed E-state index contributed by atoms with van der Waals surface area (Å²) in [6, 6.07) is 0. The van der Waals surface area contributed by atoms with Crippen molar-refractivity contribution in [2.75, 3.05) is 13.1 Å². The number of aliphatic hydroxyl groups excluding tert-OH is 1. The average molecular weight is 269 g/mol. The quantitative estimate of drug-likeness (QED) is 0.549. The molecule has 0 aromatic rings. The molecule has 0 saturated heterocycles. The molecule has 1 aliphatic rings. The normalized spacial score (nSPS) is 23.7. The minimum Gasteiger partial charge on any atom is -0.393 e. The molecule has 2 atom stereocenters. The zero-order chi connectivity index (χ0) is 13.8. The number of nitrogens with one attached hydrogen (secondary N) is 1. The third-order valence-corrected chi connectivity index (χ3v) is 4.40. The highest BCUT2D eigenvalue weighted by atomic mass is 16.3. The van der Waals surface area contributed by atoms with Crippen LogP contribution in [0.1, 0.15) is 84.0 Å². The largest absolute Gasteiger partial charge is 0.393 e. The lowest BCUT2D eigenvalue weighted by Gasteiger charge is -2.25. The van der Waals surface area contributed by atoms with Gasteiger partial charge in [0.2, 0.25) is 0 Å². The predicted octanol–water partition coefficient (Wildman–Crippen LogP) is 4.27. The predicted molar refractivity (Wildman–Crippen MR) is 83.4 cm³/mol. The number of hydrogen-bond donors (Lipinski definition) is 2. The van der Waals surface area contributed by atoms with Crippen molar-refractivity contribution in [2.45, 2.75) is 90.1 Å². The Morgan fingerprint density at radius 2 is 1.63 bits per heavy atom. The van der Waals surface area contributed by atoms with Gasteiger partial charge in [-0.25, -0.2) is 0 Å². The van der Waals surface area contributed by atoms with Gasteiger partial charge in [0.05, 0.1) is 6.10 Å². The van der Waals surface area contributed by atoms with Gasteiger partial charge >= 0.3 is 0 Å². The Morgan fingerprint density at radius 3 is 2.32 bits per heavy atom. The molecule has 19 heavy (non-hydrogen) atoms. The molecule has 0 bridgehead atoms. The fraction of sp³-hybridized carbons (Fsp3) is 1.00. The van der Waals surface area contributed by atoms with Crippen molar-refractivity contribution in [1.29, 1.82) is 0 Å². The van der Waals surface area contributed by atoms with Gasteiger partial charge in [0.25, 0.3) is 0 Å². The monoisotopic (exact) mass is 269 g/mol. The smallest absolute Gasteiger partial charge is 0.0543 e. The van der Waals surface area contributed by atoms with Gasteiger partial charge in [-0.2, -0.15) is 0 Å². The molecule has 0 spiro atoms. The first-order valence-corrected chi connectivity index (χ1v) is 8.71. The fourth-order valence-electron chi connectivity index (χ4n) is 3.14. The summed E-state index contributed by atoms with van der Waals surface area (Å²) in [5.41, 5.74) is 0. The maximum atomic E-state index is 9.61. The standard InChI is InChI=1S/C17H35NO/c1-2-3-4-5-6-7-8-9-13-18-15-16-11-10-12-17(19)14-16/h16-19H,2-15H2,1H3. The van der Waals surface area contributed by atoms with Crippen molar-refractivity contribution in [3.8, 4) is 0 Å². The van der Waals surface area contributed by atoms with Crippen LogP contribution in [0.3, 0.4) is 0 Å². The van der Waals surface area contributed by atoms with Crippen LogP contribution in [0.4, 0.5) is 0 Å². The summed E-state index contributed by atoms with van der Waals surface area (Å²) in [5.74, 6) is 0.720. The molecule has 0 heterocycles. The molecule has 2 N–H and O–H groups in total. The molecule has 2 nitrogen and oxygen atoms in total. The Labute approximate surface area is 120 Å². The Morgan fingerprint density at radius 1 is 0.947 bits per heavy atom. The Hall–Kier alpha value is -0.0800. The van der Waals surface area contributed by atoms with E-state index in [0.717, 1.165) is 25.3 Å². The Bertz CT molecular complexity index is 196. The molecule has 2 unspecified atom stereocenters. The first-order valence-electron chi connectivity index (χ1n) is 8.71. The summed E-state index contributed by atoms with van der Waals surface area (Å²) in [4.78, 5) is 0. The van der Waals surface area contributed by atoms with Crippen LogP contribution >= 0.6 is 0 Å². The summed E-state index contributed by atoms with van der Waals surface area (Å²) in [6.07, 6.45) is 15.7. The van der Waals surface area contributed by atoms with Gasteiger partial charge in [-0.3, -0.25) is 0 Å². The van der Waals surface area contributed by atoms with Gasteiger partial charge in [0.15, 0.2) is 0 Å². The lowest BCUT2D eigenvalue weighted by atomic mass is 9.87. The van der Waals surface area contributed by atoms with Crippen molar-refractivity contribution in [2.24, 2.45) is 5.92 Å². The molecular formula is C17H35NO. The van der Waals surface area contributed by atoms with Crippen molar-refractivity contribution in [3.05, 3.63) is 0 Å². The van der Waals surface area contributed by atoms with E-state index in [1.165, 1.54) is 70.8 Å². The van der Waals surface area contributed by atoms with Crippen molar-refractivity contribution in [1.82, 2.24) is 5.32 Å². The van der Waals surface area contributed by atoms with Gasteiger partial charge in [-0.15, -0.1) is 0 Å². The molecule has 1 fully saturated rings. The molecule has 114 valence electrons. The average Bonchev–Trinajstić information content (AvgIpc) is 2.41. The molecule has 0 aromatic carbocycles. The van der Waals surface area contributed by atoms with E-state index >= 15 is 0 Å². The summed E-state index contributed by atoms with van der Waals surface area (Å²) in [7, 11) is 0. The number of rotatable bonds is 11. The number of unbranched alkanes of at least 4 members (excludes halogenated alkanes) is 7. The van der Waals surface area contributed by atoms with Gasteiger partial charge in [0, 0.05) is 0 Å². The van der Waals surface area contributed by atoms with E-state index in [-0.39, 0.29) is 6.10 Å². The summed E-state index contributed by atoms with van der Waals surface area (Å²) in [6.45, 7) is 4.56. The minimum absolute atomic E-state index is 0.0244. The van der Waals surface area contributed by atoms with E-state index in [4.69, 9.17) is 0 Å². The molecule has 1 rings (SSSR count). The Balaban J connectivity index is 1.78. The number of hydrogen-bond acceptors (Lipinski definition) is 2. The molecule has 1 saturated carbocycles. The molecule has 1 aliphatic carbocycles. The van der Waals surface area contributed by atoms with Crippen LogP contribution in [-0.2, 0) is 0 Å². The van der Waals surface area contributed by atoms with E-state index in [9.17, 15) is 5.11 Å². The SMILES string of the molecule is CCCCCCCCCCNCC1CCCC(O)C1. The van der Waals surface area contributed by atoms with Crippen molar-refractivity contribution >= 4 is 0 Å². The first kappa shape index (κ1) is 17.0. The van der Waals surface area contributed by atoms with Crippen LogP contribution in [0.2, 0.25) is 0 Å². The van der Waals surface area contributed by atoms with Crippen LogP contribution < -0.4 is 5.32 Å². The third-order valence-electron chi connectivity index (χ3n) is 4.40. The number of aliphatic hydroxyl groups is 1. The zero-order valence-electron chi connectivity index (χ0n) is 13.0.